The topological polar surface area (TPSA) is 9.23 Å². The minimum Gasteiger partial charge on any atom is -0.457 e. The highest BCUT2D eigenvalue weighted by atomic mass is 19.1. The molecule has 21 heavy (non-hydrogen) atoms. The van der Waals surface area contributed by atoms with Crippen molar-refractivity contribution in [2.45, 2.75) is 32.3 Å². The number of hydrogen-bond acceptors (Lipinski definition) is 1. The number of hydrogen-bond donors (Lipinski definition) is 0. The zero-order valence-corrected chi connectivity index (χ0v) is 12.2. The molecule has 1 aliphatic heterocycles. The lowest BCUT2D eigenvalue weighted by Crippen LogP contribution is -2.13. The summed E-state index contributed by atoms with van der Waals surface area (Å²) in [5, 5.41) is 0. The maximum Gasteiger partial charge on any atom is 0.277 e. The smallest absolute Gasteiger partial charge is 0.277 e. The van der Waals surface area contributed by atoms with Gasteiger partial charge in [0, 0.05) is 11.1 Å². The van der Waals surface area contributed by atoms with Gasteiger partial charge in [-0.25, -0.2) is 0 Å². The van der Waals surface area contributed by atoms with Crippen LogP contribution in [0.4, 0.5) is 4.39 Å². The summed E-state index contributed by atoms with van der Waals surface area (Å²) >= 11 is 0. The van der Waals surface area contributed by atoms with Crippen LogP contribution in [0, 0.1) is 0 Å². The van der Waals surface area contributed by atoms with Gasteiger partial charge in [0.25, 0.3) is 6.01 Å². The standard InChI is InChI=1S/C19H19FO/c1-2-3-11-17-15-12-7-8-13-16(15)18(21-19(17)20)14-9-5-4-6-10-14/h4-10,12-13,18H,2-3,11H2,1H3. The predicted molar refractivity (Wildman–Crippen MR) is 83.4 cm³/mol. The Balaban J connectivity index is 2.04. The summed E-state index contributed by atoms with van der Waals surface area (Å²) in [5.74, 6) is 0. The van der Waals surface area contributed by atoms with Crippen molar-refractivity contribution >= 4 is 5.57 Å². The van der Waals surface area contributed by atoms with E-state index in [9.17, 15) is 4.39 Å². The van der Waals surface area contributed by atoms with E-state index in [4.69, 9.17) is 4.74 Å². The summed E-state index contributed by atoms with van der Waals surface area (Å²) in [6.45, 7) is 2.11. The quantitative estimate of drug-likeness (QED) is 0.705. The highest BCUT2D eigenvalue weighted by Crippen LogP contribution is 2.42. The Kier molecular flexibility index (Phi) is 4.05. The molecule has 0 saturated carbocycles. The Morgan fingerprint density at radius 2 is 1.71 bits per heavy atom. The first-order chi connectivity index (χ1) is 10.3. The number of unbranched alkanes of at least 4 members (excludes halogenated alkanes) is 1. The van der Waals surface area contributed by atoms with E-state index in [1.54, 1.807) is 0 Å². The largest absolute Gasteiger partial charge is 0.457 e. The van der Waals surface area contributed by atoms with Gasteiger partial charge in [-0.05, 0) is 24.0 Å². The highest BCUT2D eigenvalue weighted by Gasteiger charge is 2.28. The molecular weight excluding hydrogens is 263 g/mol. The van der Waals surface area contributed by atoms with E-state index in [0.29, 0.717) is 5.57 Å². The van der Waals surface area contributed by atoms with E-state index < -0.39 is 6.01 Å². The van der Waals surface area contributed by atoms with E-state index in [2.05, 4.69) is 6.92 Å². The zero-order valence-electron chi connectivity index (χ0n) is 12.2. The Labute approximate surface area is 125 Å². The molecule has 0 saturated heterocycles. The molecule has 0 aliphatic carbocycles. The van der Waals surface area contributed by atoms with Crippen molar-refractivity contribution in [3.05, 3.63) is 77.3 Å². The molecule has 1 unspecified atom stereocenters. The summed E-state index contributed by atoms with van der Waals surface area (Å²) in [4.78, 5) is 0. The fourth-order valence-corrected chi connectivity index (χ4v) is 2.81. The van der Waals surface area contributed by atoms with Crippen LogP contribution >= 0.6 is 0 Å². The molecule has 0 amide bonds. The fraction of sp³-hybridized carbons (Fsp3) is 0.263. The number of halogens is 1. The minimum absolute atomic E-state index is 0.354. The van der Waals surface area contributed by atoms with Crippen LogP contribution in [0.15, 0.2) is 60.6 Å². The van der Waals surface area contributed by atoms with E-state index in [0.717, 1.165) is 36.0 Å². The van der Waals surface area contributed by atoms with Crippen LogP contribution in [0.3, 0.4) is 0 Å². The lowest BCUT2D eigenvalue weighted by Gasteiger charge is -2.28. The fourth-order valence-electron chi connectivity index (χ4n) is 2.81. The minimum atomic E-state index is -0.420. The van der Waals surface area contributed by atoms with Crippen LogP contribution in [-0.2, 0) is 4.74 Å². The average Bonchev–Trinajstić information content (AvgIpc) is 2.54. The Bertz CT molecular complexity index is 646. The number of fused-ring (bicyclic) bond motifs is 1. The normalized spacial score (nSPS) is 17.3. The van der Waals surface area contributed by atoms with Gasteiger partial charge in [-0.3, -0.25) is 0 Å². The SMILES string of the molecule is CCCCC1=C(F)OC(c2ccccc2)c2ccccc21. The summed E-state index contributed by atoms with van der Waals surface area (Å²) in [7, 11) is 0. The molecule has 1 nitrogen and oxygen atoms in total. The van der Waals surface area contributed by atoms with E-state index in [1.165, 1.54) is 0 Å². The number of rotatable bonds is 4. The molecule has 1 atom stereocenters. The summed E-state index contributed by atoms with van der Waals surface area (Å²) < 4.78 is 20.1. The molecule has 0 N–H and O–H groups in total. The first-order valence-corrected chi connectivity index (χ1v) is 7.50. The Morgan fingerprint density at radius 3 is 2.48 bits per heavy atom. The van der Waals surface area contributed by atoms with Crippen LogP contribution in [-0.4, -0.2) is 0 Å². The maximum atomic E-state index is 14.4. The van der Waals surface area contributed by atoms with Crippen LogP contribution in [0.25, 0.3) is 5.57 Å². The van der Waals surface area contributed by atoms with Gasteiger partial charge in [-0.2, -0.15) is 4.39 Å². The zero-order chi connectivity index (χ0) is 14.7. The van der Waals surface area contributed by atoms with Gasteiger partial charge >= 0.3 is 0 Å². The number of allylic oxidation sites excluding steroid dienone is 1. The van der Waals surface area contributed by atoms with Gasteiger partial charge in [0.2, 0.25) is 0 Å². The molecular formula is C19H19FO. The van der Waals surface area contributed by atoms with Crippen molar-refractivity contribution in [1.29, 1.82) is 0 Å². The van der Waals surface area contributed by atoms with Crippen molar-refractivity contribution in [2.75, 3.05) is 0 Å². The molecule has 1 aliphatic rings. The molecule has 1 heterocycles. The van der Waals surface area contributed by atoms with Crippen molar-refractivity contribution in [1.82, 2.24) is 0 Å². The molecule has 0 aromatic heterocycles. The van der Waals surface area contributed by atoms with Gasteiger partial charge < -0.3 is 4.74 Å². The van der Waals surface area contributed by atoms with Crippen LogP contribution in [0.5, 0.6) is 0 Å². The van der Waals surface area contributed by atoms with Crippen LogP contribution in [0.1, 0.15) is 49.0 Å². The van der Waals surface area contributed by atoms with Crippen molar-refractivity contribution < 1.29 is 9.13 Å². The summed E-state index contributed by atoms with van der Waals surface area (Å²) in [5.41, 5.74) is 3.73. The lowest BCUT2D eigenvalue weighted by atomic mass is 9.89. The Hall–Kier alpha value is -2.09. The molecule has 0 spiro atoms. The molecule has 3 rings (SSSR count). The maximum absolute atomic E-state index is 14.4. The predicted octanol–water partition coefficient (Wildman–Crippen LogP) is 5.63. The molecule has 0 radical (unpaired) electrons. The van der Waals surface area contributed by atoms with Crippen molar-refractivity contribution in [2.24, 2.45) is 0 Å². The molecule has 0 fully saturated rings. The Morgan fingerprint density at radius 1 is 1.00 bits per heavy atom. The van der Waals surface area contributed by atoms with Crippen LogP contribution in [0.2, 0.25) is 0 Å². The second-order valence-corrected chi connectivity index (χ2v) is 5.35. The number of ether oxygens (including phenoxy) is 1. The molecule has 2 aromatic carbocycles. The summed E-state index contributed by atoms with van der Waals surface area (Å²) in [6.07, 6.45) is 2.38. The third-order valence-electron chi connectivity index (χ3n) is 3.91. The molecule has 2 aromatic rings. The van der Waals surface area contributed by atoms with Gasteiger partial charge in [0.05, 0.1) is 0 Å². The van der Waals surface area contributed by atoms with E-state index >= 15 is 0 Å². The molecule has 108 valence electrons. The van der Waals surface area contributed by atoms with Gasteiger partial charge in [-0.1, -0.05) is 67.9 Å². The third-order valence-corrected chi connectivity index (χ3v) is 3.91. The second-order valence-electron chi connectivity index (χ2n) is 5.35. The second kappa shape index (κ2) is 6.13. The van der Waals surface area contributed by atoms with E-state index in [-0.39, 0.29) is 6.10 Å². The average molecular weight is 282 g/mol. The van der Waals surface area contributed by atoms with Crippen LogP contribution < -0.4 is 0 Å². The first kappa shape index (κ1) is 13.9. The molecule has 0 bridgehead atoms. The monoisotopic (exact) mass is 282 g/mol. The van der Waals surface area contributed by atoms with Gasteiger partial charge in [-0.15, -0.1) is 0 Å². The third kappa shape index (κ3) is 2.71. The van der Waals surface area contributed by atoms with Crippen molar-refractivity contribution in [3.8, 4) is 0 Å². The summed E-state index contributed by atoms with van der Waals surface area (Å²) in [6, 6.07) is 17.4. The van der Waals surface area contributed by atoms with Gasteiger partial charge in [0.1, 0.15) is 0 Å². The first-order valence-electron chi connectivity index (χ1n) is 7.50. The lowest BCUT2D eigenvalue weighted by molar-refractivity contribution is 0.0911. The van der Waals surface area contributed by atoms with Gasteiger partial charge in [0.15, 0.2) is 6.10 Å². The van der Waals surface area contributed by atoms with E-state index in [1.807, 2.05) is 54.6 Å². The highest BCUT2D eigenvalue weighted by molar-refractivity contribution is 5.71. The van der Waals surface area contributed by atoms with Crippen molar-refractivity contribution in [3.63, 3.8) is 0 Å². The number of benzene rings is 2. The molecule has 2 heteroatoms.